The zero-order valence-electron chi connectivity index (χ0n) is 12.9. The number of aromatic amines is 1. The second-order valence-corrected chi connectivity index (χ2v) is 6.18. The molecule has 0 amide bonds. The van der Waals surface area contributed by atoms with Gasteiger partial charge in [-0.2, -0.15) is 0 Å². The molecule has 2 aromatic heterocycles. The third kappa shape index (κ3) is 1.83. The Morgan fingerprint density at radius 2 is 2.14 bits per heavy atom. The number of aryl methyl sites for hydroxylation is 2. The maximum Gasteiger partial charge on any atom is 0.234 e. The summed E-state index contributed by atoms with van der Waals surface area (Å²) in [4.78, 5) is 20.5. The van der Waals surface area contributed by atoms with Crippen LogP contribution in [0.15, 0.2) is 30.6 Å². The summed E-state index contributed by atoms with van der Waals surface area (Å²) < 4.78 is 1.95. The summed E-state index contributed by atoms with van der Waals surface area (Å²) in [6.07, 6.45) is 4.29. The highest BCUT2D eigenvalue weighted by Gasteiger charge is 2.31. The van der Waals surface area contributed by atoms with E-state index < -0.39 is 0 Å². The van der Waals surface area contributed by atoms with Crippen molar-refractivity contribution in [1.29, 1.82) is 0 Å². The number of nitrogens with zero attached hydrogens (tertiary/aromatic N) is 2. The Bertz CT molecular complexity index is 872. The lowest BCUT2D eigenvalue weighted by atomic mass is 9.91. The van der Waals surface area contributed by atoms with Crippen molar-refractivity contribution in [3.05, 3.63) is 53.2 Å². The van der Waals surface area contributed by atoms with Gasteiger partial charge in [0.05, 0.1) is 17.5 Å². The largest absolute Gasteiger partial charge is 0.348 e. The summed E-state index contributed by atoms with van der Waals surface area (Å²) >= 11 is 0. The molecule has 0 radical (unpaired) electrons. The predicted molar refractivity (Wildman–Crippen MR) is 86.1 cm³/mol. The molecule has 0 bridgehead atoms. The molecule has 0 fully saturated rings. The van der Waals surface area contributed by atoms with E-state index in [1.807, 2.05) is 29.7 Å². The number of H-pyrrole nitrogens is 1. The van der Waals surface area contributed by atoms with Crippen LogP contribution in [0.4, 0.5) is 0 Å². The highest BCUT2D eigenvalue weighted by molar-refractivity contribution is 5.97. The first-order chi connectivity index (χ1) is 10.7. The average Bonchev–Trinajstić information content (AvgIpc) is 3.05. The van der Waals surface area contributed by atoms with Gasteiger partial charge in [0.1, 0.15) is 0 Å². The van der Waals surface area contributed by atoms with Crippen LogP contribution >= 0.6 is 0 Å². The van der Waals surface area contributed by atoms with Crippen LogP contribution in [0, 0.1) is 19.8 Å². The summed E-state index contributed by atoms with van der Waals surface area (Å²) in [5.74, 6) is 0.234. The summed E-state index contributed by atoms with van der Waals surface area (Å²) in [7, 11) is 0. The molecule has 0 aliphatic carbocycles. The molecule has 1 atom stereocenters. The number of hydrogen-bond acceptors (Lipinski definition) is 2. The molecule has 1 N–H and O–H groups in total. The lowest BCUT2D eigenvalue weighted by molar-refractivity contribution is 0.0808. The quantitative estimate of drug-likeness (QED) is 0.787. The van der Waals surface area contributed by atoms with Gasteiger partial charge in [-0.15, -0.1) is 0 Å². The fraction of sp³-hybridized carbons (Fsp3) is 0.333. The van der Waals surface area contributed by atoms with Gasteiger partial charge < -0.3 is 4.98 Å². The van der Waals surface area contributed by atoms with E-state index in [9.17, 15) is 4.79 Å². The maximum absolute atomic E-state index is 13.0. The molecule has 3 heterocycles. The highest BCUT2D eigenvalue weighted by Crippen LogP contribution is 2.33. The number of rotatable bonds is 2. The molecule has 0 saturated heterocycles. The first-order valence-corrected chi connectivity index (χ1v) is 7.79. The molecular formula is C18H19N3O. The molecular weight excluding hydrogens is 274 g/mol. The zero-order valence-corrected chi connectivity index (χ0v) is 12.9. The van der Waals surface area contributed by atoms with E-state index in [0.717, 1.165) is 36.2 Å². The third-order valence-electron chi connectivity index (χ3n) is 4.93. The Morgan fingerprint density at radius 3 is 2.91 bits per heavy atom. The van der Waals surface area contributed by atoms with Crippen molar-refractivity contribution in [2.75, 3.05) is 0 Å². The Hall–Kier alpha value is -2.36. The average molecular weight is 293 g/mol. The van der Waals surface area contributed by atoms with Gasteiger partial charge in [0.15, 0.2) is 0 Å². The number of carbonyl (C=O) groups is 1. The lowest BCUT2D eigenvalue weighted by Crippen LogP contribution is -2.30. The summed E-state index contributed by atoms with van der Waals surface area (Å²) in [5, 5.41) is 1.20. The molecule has 22 heavy (non-hydrogen) atoms. The maximum atomic E-state index is 13.0. The van der Waals surface area contributed by atoms with Crippen molar-refractivity contribution in [3.8, 4) is 0 Å². The third-order valence-corrected chi connectivity index (χ3v) is 4.93. The number of aromatic nitrogens is 3. The number of fused-ring (bicyclic) bond motifs is 3. The van der Waals surface area contributed by atoms with Crippen molar-refractivity contribution < 1.29 is 4.79 Å². The topological polar surface area (TPSA) is 50.7 Å². The van der Waals surface area contributed by atoms with E-state index >= 15 is 0 Å². The van der Waals surface area contributed by atoms with E-state index in [2.05, 4.69) is 23.0 Å². The van der Waals surface area contributed by atoms with Gasteiger partial charge >= 0.3 is 0 Å². The Labute approximate surface area is 129 Å². The van der Waals surface area contributed by atoms with Crippen LogP contribution in [0.5, 0.6) is 0 Å². The minimum atomic E-state index is 0.0182. The summed E-state index contributed by atoms with van der Waals surface area (Å²) in [6, 6.07) is 8.20. The molecule has 4 rings (SSSR count). The highest BCUT2D eigenvalue weighted by atomic mass is 16.2. The molecule has 0 unspecified atom stereocenters. The van der Waals surface area contributed by atoms with E-state index in [-0.39, 0.29) is 11.8 Å². The molecule has 0 spiro atoms. The molecule has 0 saturated carbocycles. The second kappa shape index (κ2) is 4.83. The number of carbonyl (C=O) groups excluding carboxylic acids is 1. The first kappa shape index (κ1) is 13.3. The van der Waals surface area contributed by atoms with Crippen molar-refractivity contribution in [1.82, 2.24) is 14.5 Å². The monoisotopic (exact) mass is 293 g/mol. The molecule has 4 nitrogen and oxygen atoms in total. The van der Waals surface area contributed by atoms with Crippen LogP contribution < -0.4 is 0 Å². The van der Waals surface area contributed by atoms with Gasteiger partial charge in [0.25, 0.3) is 0 Å². The fourth-order valence-electron chi connectivity index (χ4n) is 3.64. The van der Waals surface area contributed by atoms with Gasteiger partial charge in [-0.1, -0.05) is 18.2 Å². The summed E-state index contributed by atoms with van der Waals surface area (Å²) in [6.45, 7) is 4.13. The molecule has 1 aliphatic heterocycles. The van der Waals surface area contributed by atoms with Crippen molar-refractivity contribution in [2.45, 2.75) is 33.1 Å². The van der Waals surface area contributed by atoms with Crippen LogP contribution in [0.3, 0.4) is 0 Å². The van der Waals surface area contributed by atoms with Gasteiger partial charge in [0, 0.05) is 29.1 Å². The van der Waals surface area contributed by atoms with E-state index in [1.165, 1.54) is 16.6 Å². The van der Waals surface area contributed by atoms with Crippen LogP contribution in [0.1, 0.15) is 33.9 Å². The minimum Gasteiger partial charge on any atom is -0.348 e. The van der Waals surface area contributed by atoms with Crippen molar-refractivity contribution in [3.63, 3.8) is 0 Å². The molecule has 3 aromatic rings. The minimum absolute atomic E-state index is 0.0182. The predicted octanol–water partition coefficient (Wildman–Crippen LogP) is 3.43. The normalized spacial score (nSPS) is 17.9. The van der Waals surface area contributed by atoms with Crippen LogP contribution in [-0.4, -0.2) is 20.4 Å². The summed E-state index contributed by atoms with van der Waals surface area (Å²) in [5.41, 5.74) is 5.55. The van der Waals surface area contributed by atoms with Crippen LogP contribution in [-0.2, 0) is 12.8 Å². The zero-order chi connectivity index (χ0) is 15.3. The number of imidazole rings is 1. The number of benzene rings is 1. The van der Waals surface area contributed by atoms with E-state index in [4.69, 9.17) is 0 Å². The Morgan fingerprint density at radius 1 is 1.32 bits per heavy atom. The molecule has 1 aromatic carbocycles. The van der Waals surface area contributed by atoms with E-state index in [0.29, 0.717) is 0 Å². The van der Waals surface area contributed by atoms with Crippen LogP contribution in [0.2, 0.25) is 0 Å². The number of nitrogens with one attached hydrogen (secondary N) is 1. The van der Waals surface area contributed by atoms with Crippen molar-refractivity contribution in [2.24, 2.45) is 5.92 Å². The number of para-hydroxylation sites is 1. The lowest BCUT2D eigenvalue weighted by Gasteiger charge is -2.23. The molecule has 4 heteroatoms. The Kier molecular flexibility index (Phi) is 2.93. The second-order valence-electron chi connectivity index (χ2n) is 6.18. The van der Waals surface area contributed by atoms with Gasteiger partial charge in [-0.3, -0.25) is 9.36 Å². The Balaban J connectivity index is 1.77. The fourth-order valence-corrected chi connectivity index (χ4v) is 3.64. The standard InChI is InChI=1S/C18H19N3O/c1-11-14-5-3-4-6-17(14)21-16(11)8-7-13(18(21)22)9-15-12(2)19-10-20-15/h3-6,10,13H,7-9H2,1-2H3,(H,19,20)/t13-/m0/s1. The molecule has 112 valence electrons. The smallest absolute Gasteiger partial charge is 0.234 e. The molecule has 1 aliphatic rings. The van der Waals surface area contributed by atoms with Crippen LogP contribution in [0.25, 0.3) is 10.9 Å². The van der Waals surface area contributed by atoms with Crippen molar-refractivity contribution >= 4 is 16.8 Å². The van der Waals surface area contributed by atoms with E-state index in [1.54, 1.807) is 6.33 Å². The first-order valence-electron chi connectivity index (χ1n) is 7.79. The van der Waals surface area contributed by atoms with Gasteiger partial charge in [-0.05, 0) is 38.3 Å². The number of hydrogen-bond donors (Lipinski definition) is 1. The van der Waals surface area contributed by atoms with Gasteiger partial charge in [-0.25, -0.2) is 4.98 Å². The van der Waals surface area contributed by atoms with Gasteiger partial charge in [0.2, 0.25) is 5.91 Å². The SMILES string of the molecule is Cc1[nH]cnc1C[C@@H]1CCc2c(C)c3ccccc3n2C1=O.